The summed E-state index contributed by atoms with van der Waals surface area (Å²) < 4.78 is 0. The largest absolute Gasteiger partial charge is 0.388 e. The van der Waals surface area contributed by atoms with Crippen LogP contribution in [0.1, 0.15) is 42.9 Å². The van der Waals surface area contributed by atoms with Gasteiger partial charge in [-0.15, -0.1) is 11.8 Å². The Hall–Kier alpha value is -0.670. The van der Waals surface area contributed by atoms with Crippen LogP contribution in [-0.2, 0) is 0 Å². The van der Waals surface area contributed by atoms with Crippen LogP contribution in [0.15, 0.2) is 47.4 Å². The highest BCUT2D eigenvalue weighted by Gasteiger charge is 2.23. The quantitative estimate of drug-likeness (QED) is 0.611. The van der Waals surface area contributed by atoms with Gasteiger partial charge in [-0.25, -0.2) is 0 Å². The Morgan fingerprint density at radius 2 is 1.82 bits per heavy atom. The maximum atomic E-state index is 10.9. The van der Waals surface area contributed by atoms with Crippen LogP contribution >= 0.6 is 35.0 Å². The topological polar surface area (TPSA) is 20.2 Å². The van der Waals surface area contributed by atoms with Gasteiger partial charge in [-0.2, -0.15) is 0 Å². The van der Waals surface area contributed by atoms with E-state index in [0.717, 1.165) is 28.9 Å². The standard InChI is InChI=1S/C18H20Cl2OS/c1-3-5-15(12-8-9-16(19)17(20)11-12)18(21)13-6-4-7-14(10-13)22-2/h4,6-11,15,18,21H,3,5H2,1-2H3/t15-,18-/m0/s1. The molecule has 0 amide bonds. The van der Waals surface area contributed by atoms with Gasteiger partial charge in [0.05, 0.1) is 16.1 Å². The normalized spacial score (nSPS) is 13.9. The Bertz CT molecular complexity index is 630. The van der Waals surface area contributed by atoms with Crippen molar-refractivity contribution in [1.82, 2.24) is 0 Å². The van der Waals surface area contributed by atoms with Crippen molar-refractivity contribution in [2.45, 2.75) is 36.7 Å². The second-order valence-corrected chi connectivity index (χ2v) is 6.98. The molecule has 0 bridgehead atoms. The summed E-state index contributed by atoms with van der Waals surface area (Å²) >= 11 is 13.8. The summed E-state index contributed by atoms with van der Waals surface area (Å²) in [5, 5.41) is 11.9. The van der Waals surface area contributed by atoms with Crippen LogP contribution in [0.25, 0.3) is 0 Å². The molecule has 0 heterocycles. The highest BCUT2D eigenvalue weighted by atomic mass is 35.5. The lowest BCUT2D eigenvalue weighted by Gasteiger charge is -2.24. The molecule has 0 unspecified atom stereocenters. The van der Waals surface area contributed by atoms with Crippen LogP contribution in [0.4, 0.5) is 0 Å². The molecule has 0 saturated carbocycles. The molecule has 0 spiro atoms. The summed E-state index contributed by atoms with van der Waals surface area (Å²) in [4.78, 5) is 1.15. The molecule has 1 N–H and O–H groups in total. The lowest BCUT2D eigenvalue weighted by Crippen LogP contribution is -2.11. The molecule has 4 heteroatoms. The molecular weight excluding hydrogens is 335 g/mol. The first-order valence-electron chi connectivity index (χ1n) is 7.33. The Morgan fingerprint density at radius 3 is 2.45 bits per heavy atom. The van der Waals surface area contributed by atoms with Gasteiger partial charge in [-0.1, -0.05) is 54.7 Å². The summed E-state index contributed by atoms with van der Waals surface area (Å²) in [5.74, 6) is 0.0110. The molecule has 0 fully saturated rings. The average molecular weight is 355 g/mol. The second-order valence-electron chi connectivity index (χ2n) is 5.29. The van der Waals surface area contributed by atoms with E-state index in [2.05, 4.69) is 19.1 Å². The van der Waals surface area contributed by atoms with E-state index in [1.165, 1.54) is 0 Å². The highest BCUT2D eigenvalue weighted by Crippen LogP contribution is 2.37. The molecule has 118 valence electrons. The van der Waals surface area contributed by atoms with Gasteiger partial charge in [0, 0.05) is 10.8 Å². The molecule has 22 heavy (non-hydrogen) atoms. The van der Waals surface area contributed by atoms with Gasteiger partial charge in [0.15, 0.2) is 0 Å². The summed E-state index contributed by atoms with van der Waals surface area (Å²) in [6, 6.07) is 13.7. The van der Waals surface area contributed by atoms with E-state index in [1.807, 2.05) is 30.5 Å². The van der Waals surface area contributed by atoms with Crippen molar-refractivity contribution in [3.63, 3.8) is 0 Å². The van der Waals surface area contributed by atoms with Crippen molar-refractivity contribution in [3.05, 3.63) is 63.6 Å². The van der Waals surface area contributed by atoms with Gasteiger partial charge in [0.25, 0.3) is 0 Å². The third-order valence-corrected chi connectivity index (χ3v) is 5.25. The van der Waals surface area contributed by atoms with Crippen LogP contribution in [0.5, 0.6) is 0 Å². The van der Waals surface area contributed by atoms with Gasteiger partial charge in [0.2, 0.25) is 0 Å². The number of thioether (sulfide) groups is 1. The zero-order chi connectivity index (χ0) is 16.1. The predicted octanol–water partition coefficient (Wildman–Crippen LogP) is 6.33. The third kappa shape index (κ3) is 4.20. The fourth-order valence-electron chi connectivity index (χ4n) is 2.62. The molecule has 2 aromatic rings. The first kappa shape index (κ1) is 17.7. The molecule has 2 atom stereocenters. The van der Waals surface area contributed by atoms with Gasteiger partial charge >= 0.3 is 0 Å². The second kappa shape index (κ2) is 8.26. The fourth-order valence-corrected chi connectivity index (χ4v) is 3.39. The van der Waals surface area contributed by atoms with Gasteiger partial charge in [0.1, 0.15) is 0 Å². The van der Waals surface area contributed by atoms with Crippen LogP contribution in [0, 0.1) is 0 Å². The average Bonchev–Trinajstić information content (AvgIpc) is 2.54. The number of benzene rings is 2. The molecule has 2 rings (SSSR count). The Balaban J connectivity index is 2.35. The highest BCUT2D eigenvalue weighted by molar-refractivity contribution is 7.98. The number of aliphatic hydroxyl groups is 1. The van der Waals surface area contributed by atoms with E-state index in [1.54, 1.807) is 17.8 Å². The van der Waals surface area contributed by atoms with Crippen molar-refractivity contribution >= 4 is 35.0 Å². The van der Waals surface area contributed by atoms with Crippen molar-refractivity contribution in [3.8, 4) is 0 Å². The van der Waals surface area contributed by atoms with E-state index in [-0.39, 0.29) is 5.92 Å². The smallest absolute Gasteiger partial charge is 0.0858 e. The minimum Gasteiger partial charge on any atom is -0.388 e. The molecule has 0 aromatic heterocycles. The molecule has 0 aliphatic heterocycles. The molecule has 0 saturated heterocycles. The molecule has 0 aliphatic rings. The van der Waals surface area contributed by atoms with Gasteiger partial charge in [-0.05, 0) is 48.1 Å². The Kier molecular flexibility index (Phi) is 6.64. The summed E-state index contributed by atoms with van der Waals surface area (Å²) in [7, 11) is 0. The maximum absolute atomic E-state index is 10.9. The zero-order valence-electron chi connectivity index (χ0n) is 12.7. The molecule has 0 radical (unpaired) electrons. The van der Waals surface area contributed by atoms with Gasteiger partial charge < -0.3 is 5.11 Å². The van der Waals surface area contributed by atoms with Crippen molar-refractivity contribution in [2.24, 2.45) is 0 Å². The predicted molar refractivity (Wildman–Crippen MR) is 97.3 cm³/mol. The SMILES string of the molecule is CCC[C@@H](c1ccc(Cl)c(Cl)c1)[C@@H](O)c1cccc(SC)c1. The lowest BCUT2D eigenvalue weighted by atomic mass is 9.86. The lowest BCUT2D eigenvalue weighted by molar-refractivity contribution is 0.139. The first-order valence-corrected chi connectivity index (χ1v) is 9.31. The number of halogens is 2. The molecule has 2 aromatic carbocycles. The van der Waals surface area contributed by atoms with Crippen molar-refractivity contribution in [1.29, 1.82) is 0 Å². The number of rotatable bonds is 6. The van der Waals surface area contributed by atoms with Crippen LogP contribution in [-0.4, -0.2) is 11.4 Å². The van der Waals surface area contributed by atoms with E-state index in [0.29, 0.717) is 10.0 Å². The zero-order valence-corrected chi connectivity index (χ0v) is 15.1. The van der Waals surface area contributed by atoms with Crippen LogP contribution < -0.4 is 0 Å². The summed E-state index contributed by atoms with van der Waals surface area (Å²) in [6.45, 7) is 2.12. The number of aliphatic hydroxyl groups excluding tert-OH is 1. The summed E-state index contributed by atoms with van der Waals surface area (Å²) in [6.07, 6.45) is 3.37. The van der Waals surface area contributed by atoms with Crippen LogP contribution in [0.2, 0.25) is 10.0 Å². The van der Waals surface area contributed by atoms with Crippen molar-refractivity contribution < 1.29 is 5.11 Å². The maximum Gasteiger partial charge on any atom is 0.0858 e. The Morgan fingerprint density at radius 1 is 1.05 bits per heavy atom. The van der Waals surface area contributed by atoms with E-state index in [4.69, 9.17) is 23.2 Å². The van der Waals surface area contributed by atoms with E-state index < -0.39 is 6.10 Å². The van der Waals surface area contributed by atoms with E-state index >= 15 is 0 Å². The minimum atomic E-state index is -0.552. The third-order valence-electron chi connectivity index (χ3n) is 3.79. The fraction of sp³-hybridized carbons (Fsp3) is 0.333. The summed E-state index contributed by atoms with van der Waals surface area (Å²) in [5.41, 5.74) is 1.97. The van der Waals surface area contributed by atoms with E-state index in [9.17, 15) is 5.11 Å². The number of hydrogen-bond acceptors (Lipinski definition) is 2. The minimum absolute atomic E-state index is 0.0110. The molecule has 1 nitrogen and oxygen atoms in total. The molecule has 0 aliphatic carbocycles. The number of hydrogen-bond donors (Lipinski definition) is 1. The van der Waals surface area contributed by atoms with Crippen molar-refractivity contribution in [2.75, 3.05) is 6.26 Å². The monoisotopic (exact) mass is 354 g/mol. The molecular formula is C18H20Cl2OS. The van der Waals surface area contributed by atoms with Gasteiger partial charge in [-0.3, -0.25) is 0 Å². The first-order chi connectivity index (χ1) is 10.6. The Labute approximate surface area is 146 Å². The van der Waals surface area contributed by atoms with Crippen LogP contribution in [0.3, 0.4) is 0 Å².